The molecule has 0 spiro atoms. The lowest BCUT2D eigenvalue weighted by atomic mass is 10.2. The molecule has 1 aliphatic rings. The summed E-state index contributed by atoms with van der Waals surface area (Å²) in [4.78, 5) is 27.1. The van der Waals surface area contributed by atoms with E-state index in [0.29, 0.717) is 22.4 Å². The van der Waals surface area contributed by atoms with Crippen LogP contribution in [0.5, 0.6) is 0 Å². The Labute approximate surface area is 194 Å². The van der Waals surface area contributed by atoms with Gasteiger partial charge < -0.3 is 9.73 Å². The molecule has 0 unspecified atom stereocenters. The van der Waals surface area contributed by atoms with E-state index in [-0.39, 0.29) is 18.4 Å². The van der Waals surface area contributed by atoms with Crippen LogP contribution in [-0.2, 0) is 9.59 Å². The highest BCUT2D eigenvalue weighted by atomic mass is 32.2. The highest BCUT2D eigenvalue weighted by Crippen LogP contribution is 2.34. The summed E-state index contributed by atoms with van der Waals surface area (Å²) in [6.45, 7) is 3.66. The van der Waals surface area contributed by atoms with Gasteiger partial charge in [0, 0.05) is 5.69 Å². The van der Waals surface area contributed by atoms with Gasteiger partial charge in [0.25, 0.3) is 0 Å². The Morgan fingerprint density at radius 3 is 2.61 bits per heavy atom. The Bertz CT molecular complexity index is 1330. The monoisotopic (exact) mass is 459 g/mol. The second-order valence-corrected chi connectivity index (χ2v) is 8.93. The molecule has 2 aromatic heterocycles. The smallest absolute Gasteiger partial charge is 0.244 e. The fraction of sp³-hybridized carbons (Fsp3) is 0.167. The van der Waals surface area contributed by atoms with Crippen molar-refractivity contribution in [2.75, 3.05) is 16.8 Å². The third-order valence-corrected chi connectivity index (χ3v) is 6.44. The van der Waals surface area contributed by atoms with Crippen LogP contribution in [0, 0.1) is 6.92 Å². The minimum absolute atomic E-state index is 0.0222. The van der Waals surface area contributed by atoms with Gasteiger partial charge in [-0.25, -0.2) is 0 Å². The third kappa shape index (κ3) is 3.91. The lowest BCUT2D eigenvalue weighted by molar-refractivity contribution is -0.121. The molecule has 1 N–H and O–H groups in total. The van der Waals surface area contributed by atoms with Gasteiger partial charge in [0.1, 0.15) is 12.3 Å². The standard InChI is InChI=1S/C24H21N5O3S/c1-15-18(12-13-32-15)22-26-27-24(29(22)17-8-4-3-5-9-17)33-16(2)23(31)28-14-21(30)25-19-10-6-7-11-20(19)28/h3-13,16H,14H2,1-2H3,(H,25,30)/t16-/m0/s1. The molecule has 4 aromatic rings. The van der Waals surface area contributed by atoms with Crippen LogP contribution < -0.4 is 10.2 Å². The summed E-state index contributed by atoms with van der Waals surface area (Å²) in [6.07, 6.45) is 1.62. The molecule has 0 radical (unpaired) electrons. The SMILES string of the molecule is Cc1occc1-c1nnc(S[C@@H](C)C(=O)N2CC(=O)Nc3ccccc32)n1-c1ccccc1. The number of hydrogen-bond donors (Lipinski definition) is 1. The molecule has 8 nitrogen and oxygen atoms in total. The van der Waals surface area contributed by atoms with Gasteiger partial charge in [-0.2, -0.15) is 0 Å². The molecule has 3 heterocycles. The van der Waals surface area contributed by atoms with Crippen LogP contribution in [0.3, 0.4) is 0 Å². The van der Waals surface area contributed by atoms with Crippen molar-refractivity contribution in [2.45, 2.75) is 24.3 Å². The molecule has 0 fully saturated rings. The predicted octanol–water partition coefficient (Wildman–Crippen LogP) is 4.30. The van der Waals surface area contributed by atoms with E-state index in [1.165, 1.54) is 16.7 Å². The number of aryl methyl sites for hydroxylation is 1. The Balaban J connectivity index is 1.49. The van der Waals surface area contributed by atoms with Gasteiger partial charge in [0.15, 0.2) is 11.0 Å². The number of hydrogen-bond acceptors (Lipinski definition) is 6. The first-order chi connectivity index (χ1) is 16.0. The first-order valence-electron chi connectivity index (χ1n) is 10.4. The van der Waals surface area contributed by atoms with E-state index in [1.54, 1.807) is 12.3 Å². The lowest BCUT2D eigenvalue weighted by Crippen LogP contribution is -2.45. The molecule has 5 rings (SSSR count). The number of carbonyl (C=O) groups excluding carboxylic acids is 2. The molecule has 0 saturated heterocycles. The van der Waals surface area contributed by atoms with Gasteiger partial charge >= 0.3 is 0 Å². The Kier molecular flexibility index (Phi) is 5.47. The van der Waals surface area contributed by atoms with Crippen LogP contribution in [0.2, 0.25) is 0 Å². The Morgan fingerprint density at radius 1 is 1.09 bits per heavy atom. The first-order valence-corrected chi connectivity index (χ1v) is 11.3. The van der Waals surface area contributed by atoms with E-state index in [9.17, 15) is 9.59 Å². The number of amides is 2. The second-order valence-electron chi connectivity index (χ2n) is 7.62. The summed E-state index contributed by atoms with van der Waals surface area (Å²) in [6, 6.07) is 18.9. The van der Waals surface area contributed by atoms with Crippen LogP contribution in [-0.4, -0.2) is 38.4 Å². The number of carbonyl (C=O) groups is 2. The van der Waals surface area contributed by atoms with Crippen LogP contribution in [0.25, 0.3) is 17.1 Å². The van der Waals surface area contributed by atoms with Crippen molar-refractivity contribution in [1.82, 2.24) is 14.8 Å². The fourth-order valence-corrected chi connectivity index (χ4v) is 4.73. The topological polar surface area (TPSA) is 93.3 Å². The van der Waals surface area contributed by atoms with Gasteiger partial charge in [0.05, 0.1) is 28.5 Å². The number of thioether (sulfide) groups is 1. The normalized spacial score (nSPS) is 14.0. The molecule has 0 saturated carbocycles. The van der Waals surface area contributed by atoms with Crippen LogP contribution in [0.4, 0.5) is 11.4 Å². The quantitative estimate of drug-likeness (QED) is 0.447. The van der Waals surface area contributed by atoms with Crippen molar-refractivity contribution in [1.29, 1.82) is 0 Å². The van der Waals surface area contributed by atoms with E-state index in [0.717, 1.165) is 17.0 Å². The molecular weight excluding hydrogens is 438 g/mol. The summed E-state index contributed by atoms with van der Waals surface area (Å²) in [7, 11) is 0. The number of rotatable bonds is 5. The zero-order chi connectivity index (χ0) is 22.9. The molecule has 33 heavy (non-hydrogen) atoms. The average molecular weight is 460 g/mol. The number of fused-ring (bicyclic) bond motifs is 1. The van der Waals surface area contributed by atoms with E-state index < -0.39 is 5.25 Å². The van der Waals surface area contributed by atoms with E-state index in [4.69, 9.17) is 4.42 Å². The van der Waals surface area contributed by atoms with E-state index >= 15 is 0 Å². The Hall–Kier alpha value is -3.85. The highest BCUT2D eigenvalue weighted by Gasteiger charge is 2.31. The van der Waals surface area contributed by atoms with Crippen LogP contribution >= 0.6 is 11.8 Å². The summed E-state index contributed by atoms with van der Waals surface area (Å²) in [5.74, 6) is 0.976. The predicted molar refractivity (Wildman–Crippen MR) is 127 cm³/mol. The third-order valence-electron chi connectivity index (χ3n) is 5.41. The minimum atomic E-state index is -0.506. The molecule has 2 amide bonds. The van der Waals surface area contributed by atoms with Crippen molar-refractivity contribution in [3.8, 4) is 17.1 Å². The van der Waals surface area contributed by atoms with E-state index in [2.05, 4.69) is 15.5 Å². The van der Waals surface area contributed by atoms with Crippen molar-refractivity contribution in [3.05, 3.63) is 72.7 Å². The highest BCUT2D eigenvalue weighted by molar-refractivity contribution is 8.00. The fourth-order valence-electron chi connectivity index (χ4n) is 3.81. The minimum Gasteiger partial charge on any atom is -0.469 e. The van der Waals surface area contributed by atoms with E-state index in [1.807, 2.05) is 73.0 Å². The summed E-state index contributed by atoms with van der Waals surface area (Å²) < 4.78 is 7.39. The van der Waals surface area contributed by atoms with Crippen molar-refractivity contribution >= 4 is 35.0 Å². The van der Waals surface area contributed by atoms with Gasteiger partial charge in [-0.15, -0.1) is 10.2 Å². The number of furan rings is 1. The van der Waals surface area contributed by atoms with Gasteiger partial charge in [0.2, 0.25) is 11.8 Å². The number of para-hydroxylation sites is 3. The second kappa shape index (κ2) is 8.59. The Morgan fingerprint density at radius 2 is 1.85 bits per heavy atom. The molecule has 1 aliphatic heterocycles. The first kappa shape index (κ1) is 21.0. The van der Waals surface area contributed by atoms with Crippen molar-refractivity contribution < 1.29 is 14.0 Å². The van der Waals surface area contributed by atoms with Crippen LogP contribution in [0.1, 0.15) is 12.7 Å². The number of anilines is 2. The number of nitrogens with zero attached hydrogens (tertiary/aromatic N) is 4. The number of aromatic nitrogens is 3. The largest absolute Gasteiger partial charge is 0.469 e. The molecular formula is C24H21N5O3S. The molecule has 0 aliphatic carbocycles. The van der Waals surface area contributed by atoms with Gasteiger partial charge in [-0.05, 0) is 44.2 Å². The average Bonchev–Trinajstić information content (AvgIpc) is 3.44. The zero-order valence-corrected chi connectivity index (χ0v) is 18.9. The zero-order valence-electron chi connectivity index (χ0n) is 18.1. The maximum absolute atomic E-state index is 13.4. The molecule has 1 atom stereocenters. The van der Waals surface area contributed by atoms with Crippen LogP contribution in [0.15, 0.2) is 76.5 Å². The molecule has 9 heteroatoms. The van der Waals surface area contributed by atoms with Crippen molar-refractivity contribution in [3.63, 3.8) is 0 Å². The van der Waals surface area contributed by atoms with Gasteiger partial charge in [-0.3, -0.25) is 19.1 Å². The number of nitrogens with one attached hydrogen (secondary N) is 1. The molecule has 2 aromatic carbocycles. The lowest BCUT2D eigenvalue weighted by Gasteiger charge is -2.30. The summed E-state index contributed by atoms with van der Waals surface area (Å²) >= 11 is 1.30. The summed E-state index contributed by atoms with van der Waals surface area (Å²) in [5, 5.41) is 11.7. The van der Waals surface area contributed by atoms with Crippen molar-refractivity contribution in [2.24, 2.45) is 0 Å². The maximum atomic E-state index is 13.4. The maximum Gasteiger partial charge on any atom is 0.244 e. The molecule has 0 bridgehead atoms. The number of benzene rings is 2. The van der Waals surface area contributed by atoms with Gasteiger partial charge in [-0.1, -0.05) is 42.1 Å². The summed E-state index contributed by atoms with van der Waals surface area (Å²) in [5.41, 5.74) is 3.03. The molecule has 166 valence electrons.